The van der Waals surface area contributed by atoms with E-state index in [1.807, 2.05) is 0 Å². The summed E-state index contributed by atoms with van der Waals surface area (Å²) in [6.45, 7) is 0.581. The van der Waals surface area contributed by atoms with Gasteiger partial charge >= 0.3 is 0 Å². The Labute approximate surface area is 99.5 Å². The molecule has 0 aliphatic carbocycles. The van der Waals surface area contributed by atoms with Crippen molar-refractivity contribution in [2.45, 2.75) is 43.6 Å². The number of nitrogens with one attached hydrogen (secondary N) is 3. The number of hydrogen-bond acceptors (Lipinski definition) is 4. The largest absolute Gasteiger partial charge is 0.373 e. The highest BCUT2D eigenvalue weighted by Gasteiger charge is 2.42. The third kappa shape index (κ3) is 2.14. The molecule has 0 aromatic heterocycles. The maximum atomic E-state index is 12.0. The van der Waals surface area contributed by atoms with Crippen LogP contribution in [0.1, 0.15) is 19.3 Å². The lowest BCUT2D eigenvalue weighted by Crippen LogP contribution is -2.59. The fraction of sp³-hybridized carbons (Fsp3) is 0.818. The summed E-state index contributed by atoms with van der Waals surface area (Å²) < 4.78 is 5.69. The van der Waals surface area contributed by atoms with Gasteiger partial charge < -0.3 is 15.4 Å². The highest BCUT2D eigenvalue weighted by molar-refractivity contribution is 5.86. The molecule has 3 N–H and O–H groups in total. The number of carbonyl (C=O) groups is 2. The van der Waals surface area contributed by atoms with Gasteiger partial charge in [0.05, 0.1) is 24.8 Å². The summed E-state index contributed by atoms with van der Waals surface area (Å²) >= 11 is 0. The summed E-state index contributed by atoms with van der Waals surface area (Å²) in [4.78, 5) is 22.9. The predicted molar refractivity (Wildman–Crippen MR) is 59.2 cm³/mol. The van der Waals surface area contributed by atoms with Crippen LogP contribution in [0.25, 0.3) is 0 Å². The topological polar surface area (TPSA) is 79.5 Å². The molecule has 6 heteroatoms. The molecule has 3 fully saturated rings. The number of hydrogen-bond donors (Lipinski definition) is 3. The Kier molecular flexibility index (Phi) is 2.76. The summed E-state index contributed by atoms with van der Waals surface area (Å²) in [5.74, 6) is -0.0940. The van der Waals surface area contributed by atoms with Gasteiger partial charge in [-0.15, -0.1) is 0 Å². The zero-order valence-corrected chi connectivity index (χ0v) is 9.57. The molecular weight excluding hydrogens is 222 g/mol. The first kappa shape index (κ1) is 11.0. The van der Waals surface area contributed by atoms with E-state index in [-0.39, 0.29) is 36.5 Å². The molecule has 0 saturated carbocycles. The van der Waals surface area contributed by atoms with E-state index in [1.54, 1.807) is 0 Å². The van der Waals surface area contributed by atoms with E-state index in [9.17, 15) is 9.59 Å². The van der Waals surface area contributed by atoms with Crippen LogP contribution in [0.5, 0.6) is 0 Å². The molecule has 3 rings (SSSR count). The lowest BCUT2D eigenvalue weighted by atomic mass is 9.95. The van der Waals surface area contributed by atoms with Gasteiger partial charge in [-0.25, -0.2) is 0 Å². The van der Waals surface area contributed by atoms with Crippen molar-refractivity contribution in [2.24, 2.45) is 0 Å². The molecule has 0 aromatic carbocycles. The number of ether oxygens (including phenoxy) is 1. The molecule has 3 aliphatic rings. The van der Waals surface area contributed by atoms with Crippen LogP contribution in [0.4, 0.5) is 0 Å². The molecule has 4 unspecified atom stereocenters. The summed E-state index contributed by atoms with van der Waals surface area (Å²) in [6.07, 6.45) is 3.63. The van der Waals surface area contributed by atoms with Crippen molar-refractivity contribution in [2.75, 3.05) is 13.1 Å². The second-order valence-electron chi connectivity index (χ2n) is 4.96. The van der Waals surface area contributed by atoms with E-state index >= 15 is 0 Å². The van der Waals surface area contributed by atoms with E-state index in [0.717, 1.165) is 19.3 Å². The number of fused-ring (bicyclic) bond motifs is 2. The lowest BCUT2D eigenvalue weighted by Gasteiger charge is -2.26. The molecule has 3 heterocycles. The Morgan fingerprint density at radius 2 is 2.29 bits per heavy atom. The summed E-state index contributed by atoms with van der Waals surface area (Å²) in [6, 6.07) is -0.160. The first-order valence-corrected chi connectivity index (χ1v) is 6.18. The zero-order valence-electron chi connectivity index (χ0n) is 9.57. The quantitative estimate of drug-likeness (QED) is 0.548. The van der Waals surface area contributed by atoms with Gasteiger partial charge in [-0.05, 0) is 19.3 Å². The highest BCUT2D eigenvalue weighted by atomic mass is 16.5. The molecule has 94 valence electrons. The Bertz CT molecular complexity index is 337. The molecule has 4 atom stereocenters. The molecular formula is C11H17N3O3. The third-order valence-corrected chi connectivity index (χ3v) is 3.76. The van der Waals surface area contributed by atoms with Crippen molar-refractivity contribution in [3.05, 3.63) is 0 Å². The minimum absolute atomic E-state index is 0.0360. The van der Waals surface area contributed by atoms with Crippen LogP contribution in [-0.4, -0.2) is 49.2 Å². The number of carbonyl (C=O) groups excluding carboxylic acids is 2. The second kappa shape index (κ2) is 4.27. The Balaban J connectivity index is 1.52. The average molecular weight is 239 g/mol. The highest BCUT2D eigenvalue weighted by Crippen LogP contribution is 2.34. The molecule has 6 nitrogen and oxygen atoms in total. The standard InChI is InChI=1S/C11H17N3O3/c15-10-5-12-8(4-13-10)11(16)14-7-3-6-1-2-9(7)17-6/h6-9,12H,1-5H2,(H,13,15)(H,14,16). The first-order valence-electron chi connectivity index (χ1n) is 6.18. The first-order chi connectivity index (χ1) is 8.22. The van der Waals surface area contributed by atoms with Crippen LogP contribution >= 0.6 is 0 Å². The molecule has 2 bridgehead atoms. The van der Waals surface area contributed by atoms with E-state index in [1.165, 1.54) is 0 Å². The Morgan fingerprint density at radius 1 is 1.41 bits per heavy atom. The van der Waals surface area contributed by atoms with E-state index in [4.69, 9.17) is 4.74 Å². The smallest absolute Gasteiger partial charge is 0.239 e. The Hall–Kier alpha value is -1.14. The van der Waals surface area contributed by atoms with Crippen LogP contribution in [0.3, 0.4) is 0 Å². The van der Waals surface area contributed by atoms with Crippen LogP contribution in [-0.2, 0) is 14.3 Å². The minimum Gasteiger partial charge on any atom is -0.373 e. The van der Waals surface area contributed by atoms with Crippen LogP contribution in [0.2, 0.25) is 0 Å². The van der Waals surface area contributed by atoms with Crippen molar-refractivity contribution in [3.63, 3.8) is 0 Å². The third-order valence-electron chi connectivity index (χ3n) is 3.76. The van der Waals surface area contributed by atoms with Crippen molar-refractivity contribution in [3.8, 4) is 0 Å². The molecule has 0 aromatic rings. The van der Waals surface area contributed by atoms with Crippen molar-refractivity contribution in [1.29, 1.82) is 0 Å². The van der Waals surface area contributed by atoms with Crippen molar-refractivity contribution < 1.29 is 14.3 Å². The van der Waals surface area contributed by atoms with Gasteiger partial charge in [0.25, 0.3) is 0 Å². The van der Waals surface area contributed by atoms with Gasteiger partial charge in [-0.3, -0.25) is 14.9 Å². The maximum absolute atomic E-state index is 12.0. The average Bonchev–Trinajstić information content (AvgIpc) is 2.91. The van der Waals surface area contributed by atoms with E-state index < -0.39 is 0 Å². The SMILES string of the molecule is O=C1CNC(C(=O)NC2CC3CCC2O3)CN1. The zero-order chi connectivity index (χ0) is 11.8. The Morgan fingerprint density at radius 3 is 2.88 bits per heavy atom. The van der Waals surface area contributed by atoms with Gasteiger partial charge in [-0.1, -0.05) is 0 Å². The van der Waals surface area contributed by atoms with E-state index in [0.29, 0.717) is 12.6 Å². The predicted octanol–water partition coefficient (Wildman–Crippen LogP) is -1.49. The van der Waals surface area contributed by atoms with Gasteiger partial charge in [0, 0.05) is 6.54 Å². The minimum atomic E-state index is -0.313. The second-order valence-corrected chi connectivity index (χ2v) is 4.96. The normalized spacial score (nSPS) is 40.1. The van der Waals surface area contributed by atoms with Crippen molar-refractivity contribution >= 4 is 11.8 Å². The molecule has 3 saturated heterocycles. The molecule has 17 heavy (non-hydrogen) atoms. The number of rotatable bonds is 2. The fourth-order valence-corrected chi connectivity index (χ4v) is 2.82. The van der Waals surface area contributed by atoms with Crippen molar-refractivity contribution in [1.82, 2.24) is 16.0 Å². The molecule has 0 radical (unpaired) electrons. The fourth-order valence-electron chi connectivity index (χ4n) is 2.82. The molecule has 3 aliphatic heterocycles. The molecule has 0 spiro atoms. The maximum Gasteiger partial charge on any atom is 0.239 e. The van der Waals surface area contributed by atoms with Crippen LogP contribution in [0, 0.1) is 0 Å². The van der Waals surface area contributed by atoms with Crippen LogP contribution in [0.15, 0.2) is 0 Å². The monoisotopic (exact) mass is 239 g/mol. The van der Waals surface area contributed by atoms with Gasteiger partial charge in [-0.2, -0.15) is 0 Å². The van der Waals surface area contributed by atoms with Crippen LogP contribution < -0.4 is 16.0 Å². The van der Waals surface area contributed by atoms with Gasteiger partial charge in [0.2, 0.25) is 11.8 Å². The van der Waals surface area contributed by atoms with Gasteiger partial charge in [0.1, 0.15) is 6.04 Å². The number of amides is 2. The summed E-state index contributed by atoms with van der Waals surface area (Å²) in [5.41, 5.74) is 0. The summed E-state index contributed by atoms with van der Waals surface area (Å²) in [7, 11) is 0. The summed E-state index contributed by atoms with van der Waals surface area (Å²) in [5, 5.41) is 8.62. The van der Waals surface area contributed by atoms with Gasteiger partial charge in [0.15, 0.2) is 0 Å². The molecule has 2 amide bonds. The number of piperazine rings is 1. The van der Waals surface area contributed by atoms with E-state index in [2.05, 4.69) is 16.0 Å². The lowest BCUT2D eigenvalue weighted by molar-refractivity contribution is -0.127.